The largest absolute Gasteiger partial charge is 0.324 e. The number of carbonyl (C=O) groups excluding carboxylic acids is 1. The molecule has 0 radical (unpaired) electrons. The van der Waals surface area contributed by atoms with Gasteiger partial charge in [0.1, 0.15) is 0 Å². The molecule has 0 saturated heterocycles. The summed E-state index contributed by atoms with van der Waals surface area (Å²) in [4.78, 5) is 11.8. The van der Waals surface area contributed by atoms with Crippen LogP contribution in [0.15, 0.2) is 24.3 Å². The van der Waals surface area contributed by atoms with Crippen molar-refractivity contribution in [3.8, 4) is 0 Å². The normalized spacial score (nSPS) is 17.4. The first-order valence-electron chi connectivity index (χ1n) is 6.84. The molecule has 0 unspecified atom stereocenters. The van der Waals surface area contributed by atoms with Crippen LogP contribution in [0.4, 0.5) is 5.69 Å². The van der Waals surface area contributed by atoms with E-state index in [2.05, 4.69) is 17.6 Å². The Balaban J connectivity index is 1.74. The molecule has 1 amide bonds. The number of rotatable bonds is 5. The second kappa shape index (κ2) is 6.40. The number of halogens is 1. The monoisotopic (exact) mass is 280 g/mol. The predicted molar refractivity (Wildman–Crippen MR) is 79.5 cm³/mol. The van der Waals surface area contributed by atoms with Gasteiger partial charge in [-0.1, -0.05) is 43.5 Å². The van der Waals surface area contributed by atoms with Crippen LogP contribution in [0.25, 0.3) is 0 Å². The van der Waals surface area contributed by atoms with Gasteiger partial charge < -0.3 is 10.6 Å². The Hall–Kier alpha value is -1.06. The zero-order valence-corrected chi connectivity index (χ0v) is 12.1. The third-order valence-corrected chi connectivity index (χ3v) is 4.13. The quantitative estimate of drug-likeness (QED) is 0.867. The van der Waals surface area contributed by atoms with Crippen LogP contribution >= 0.6 is 11.6 Å². The summed E-state index contributed by atoms with van der Waals surface area (Å²) in [7, 11) is 0. The number of para-hydroxylation sites is 1. The van der Waals surface area contributed by atoms with Crippen LogP contribution in [0, 0.1) is 5.41 Å². The molecule has 2 N–H and O–H groups in total. The third kappa shape index (κ3) is 4.22. The highest BCUT2D eigenvalue weighted by Gasteiger charge is 2.28. The van der Waals surface area contributed by atoms with Crippen LogP contribution in [-0.2, 0) is 4.79 Å². The summed E-state index contributed by atoms with van der Waals surface area (Å²) in [6, 6.07) is 7.27. The second-order valence-electron chi connectivity index (χ2n) is 5.65. The summed E-state index contributed by atoms with van der Waals surface area (Å²) < 4.78 is 0. The van der Waals surface area contributed by atoms with Crippen molar-refractivity contribution in [2.24, 2.45) is 5.41 Å². The van der Waals surface area contributed by atoms with Gasteiger partial charge in [-0.2, -0.15) is 0 Å². The average Bonchev–Trinajstić information content (AvgIpc) is 2.79. The van der Waals surface area contributed by atoms with Crippen LogP contribution in [0.1, 0.15) is 32.6 Å². The summed E-state index contributed by atoms with van der Waals surface area (Å²) >= 11 is 5.99. The van der Waals surface area contributed by atoms with Crippen molar-refractivity contribution in [1.82, 2.24) is 5.32 Å². The smallest absolute Gasteiger partial charge is 0.238 e. The molecule has 1 aliphatic carbocycles. The van der Waals surface area contributed by atoms with Crippen molar-refractivity contribution in [1.29, 1.82) is 0 Å². The fraction of sp³-hybridized carbons (Fsp3) is 0.533. The number of carbonyl (C=O) groups is 1. The maximum Gasteiger partial charge on any atom is 0.238 e. The number of hydrogen-bond donors (Lipinski definition) is 2. The predicted octanol–water partition coefficient (Wildman–Crippen LogP) is 3.45. The number of amides is 1. The van der Waals surface area contributed by atoms with Crippen molar-refractivity contribution in [3.63, 3.8) is 0 Å². The first-order valence-corrected chi connectivity index (χ1v) is 7.22. The van der Waals surface area contributed by atoms with Crippen LogP contribution in [-0.4, -0.2) is 19.0 Å². The molecule has 1 aromatic carbocycles. The van der Waals surface area contributed by atoms with Crippen molar-refractivity contribution >= 4 is 23.2 Å². The summed E-state index contributed by atoms with van der Waals surface area (Å²) in [5.41, 5.74) is 1.04. The van der Waals surface area contributed by atoms with Gasteiger partial charge in [-0.15, -0.1) is 0 Å². The van der Waals surface area contributed by atoms with E-state index in [0.29, 0.717) is 22.7 Å². The highest BCUT2D eigenvalue weighted by atomic mass is 35.5. The van der Waals surface area contributed by atoms with E-state index in [9.17, 15) is 4.79 Å². The van der Waals surface area contributed by atoms with Gasteiger partial charge >= 0.3 is 0 Å². The van der Waals surface area contributed by atoms with Crippen LogP contribution in [0.2, 0.25) is 5.02 Å². The lowest BCUT2D eigenvalue weighted by Gasteiger charge is -2.23. The molecule has 0 aliphatic heterocycles. The molecule has 104 valence electrons. The number of anilines is 1. The van der Waals surface area contributed by atoms with Gasteiger partial charge in [0.2, 0.25) is 5.91 Å². The van der Waals surface area contributed by atoms with E-state index in [1.54, 1.807) is 12.1 Å². The molecule has 1 fully saturated rings. The first-order chi connectivity index (χ1) is 9.09. The minimum Gasteiger partial charge on any atom is -0.324 e. The zero-order valence-electron chi connectivity index (χ0n) is 11.3. The number of benzene rings is 1. The average molecular weight is 281 g/mol. The van der Waals surface area contributed by atoms with E-state index in [1.165, 1.54) is 25.7 Å². The molecule has 1 saturated carbocycles. The van der Waals surface area contributed by atoms with E-state index in [4.69, 9.17) is 11.6 Å². The fourth-order valence-electron chi connectivity index (χ4n) is 2.64. The van der Waals surface area contributed by atoms with Gasteiger partial charge in [-0.3, -0.25) is 4.79 Å². The van der Waals surface area contributed by atoms with E-state index in [0.717, 1.165) is 6.54 Å². The molecule has 0 heterocycles. The Labute approximate surface area is 119 Å². The molecule has 1 aromatic rings. The van der Waals surface area contributed by atoms with Gasteiger partial charge in [-0.25, -0.2) is 0 Å². The molecule has 0 bridgehead atoms. The van der Waals surface area contributed by atoms with Gasteiger partial charge in [0, 0.05) is 6.54 Å². The molecule has 1 aliphatic rings. The van der Waals surface area contributed by atoms with Crippen LogP contribution in [0.5, 0.6) is 0 Å². The van der Waals surface area contributed by atoms with Crippen LogP contribution < -0.4 is 10.6 Å². The first kappa shape index (κ1) is 14.4. The lowest BCUT2D eigenvalue weighted by Crippen LogP contribution is -2.35. The second-order valence-corrected chi connectivity index (χ2v) is 6.06. The molecular formula is C15H21ClN2O. The molecule has 19 heavy (non-hydrogen) atoms. The third-order valence-electron chi connectivity index (χ3n) is 3.80. The van der Waals surface area contributed by atoms with E-state index < -0.39 is 0 Å². The Bertz CT molecular complexity index is 442. The standard InChI is InChI=1S/C15H21ClN2O/c1-15(8-4-5-9-15)11-17-10-14(19)18-13-7-3-2-6-12(13)16/h2-3,6-7,17H,4-5,8-11H2,1H3,(H,18,19). The zero-order chi connectivity index (χ0) is 13.7. The van der Waals surface area contributed by atoms with Crippen molar-refractivity contribution in [3.05, 3.63) is 29.3 Å². The van der Waals surface area contributed by atoms with Gasteiger partial charge in [0.25, 0.3) is 0 Å². The lowest BCUT2D eigenvalue weighted by atomic mass is 9.89. The van der Waals surface area contributed by atoms with Crippen LogP contribution in [0.3, 0.4) is 0 Å². The Kier molecular flexibility index (Phi) is 4.83. The molecule has 0 atom stereocenters. The summed E-state index contributed by atoms with van der Waals surface area (Å²) in [6.07, 6.45) is 5.13. The molecule has 0 aromatic heterocycles. The topological polar surface area (TPSA) is 41.1 Å². The van der Waals surface area contributed by atoms with Gasteiger partial charge in [0.15, 0.2) is 0 Å². The molecule has 3 nitrogen and oxygen atoms in total. The maximum atomic E-state index is 11.8. The number of hydrogen-bond acceptors (Lipinski definition) is 2. The van der Waals surface area contributed by atoms with E-state index in [1.807, 2.05) is 12.1 Å². The Morgan fingerprint density at radius 1 is 1.32 bits per heavy atom. The van der Waals surface area contributed by atoms with Gasteiger partial charge in [0.05, 0.1) is 17.3 Å². The van der Waals surface area contributed by atoms with E-state index in [-0.39, 0.29) is 5.91 Å². The molecule has 4 heteroatoms. The highest BCUT2D eigenvalue weighted by Crippen LogP contribution is 2.36. The lowest BCUT2D eigenvalue weighted by molar-refractivity contribution is -0.115. The molecular weight excluding hydrogens is 260 g/mol. The van der Waals surface area contributed by atoms with E-state index >= 15 is 0 Å². The summed E-state index contributed by atoms with van der Waals surface area (Å²) in [6.45, 7) is 3.53. The van der Waals surface area contributed by atoms with Crippen molar-refractivity contribution in [2.45, 2.75) is 32.6 Å². The summed E-state index contributed by atoms with van der Waals surface area (Å²) in [5, 5.41) is 6.64. The minimum atomic E-state index is -0.0466. The molecule has 0 spiro atoms. The number of nitrogens with one attached hydrogen (secondary N) is 2. The summed E-state index contributed by atoms with van der Waals surface area (Å²) in [5.74, 6) is -0.0466. The molecule has 2 rings (SSSR count). The Morgan fingerprint density at radius 2 is 2.00 bits per heavy atom. The van der Waals surface area contributed by atoms with Crippen molar-refractivity contribution < 1.29 is 4.79 Å². The fourth-order valence-corrected chi connectivity index (χ4v) is 2.82. The van der Waals surface area contributed by atoms with Gasteiger partial charge in [-0.05, 0) is 30.4 Å². The SMILES string of the molecule is CC1(CNCC(=O)Nc2ccccc2Cl)CCCC1. The maximum absolute atomic E-state index is 11.8. The van der Waals surface area contributed by atoms with Crippen molar-refractivity contribution in [2.75, 3.05) is 18.4 Å². The Morgan fingerprint density at radius 3 is 2.68 bits per heavy atom. The highest BCUT2D eigenvalue weighted by molar-refractivity contribution is 6.33. The minimum absolute atomic E-state index is 0.0466.